The van der Waals surface area contributed by atoms with Crippen molar-refractivity contribution in [1.82, 2.24) is 4.98 Å². The minimum atomic E-state index is -0.809. The summed E-state index contributed by atoms with van der Waals surface area (Å²) in [5.41, 5.74) is 1.44. The lowest BCUT2D eigenvalue weighted by molar-refractivity contribution is 0.101. The summed E-state index contributed by atoms with van der Waals surface area (Å²) in [5, 5.41) is 5.31. The first-order valence-electron chi connectivity index (χ1n) is 10.2. The van der Waals surface area contributed by atoms with Crippen molar-refractivity contribution in [2.24, 2.45) is 0 Å². The van der Waals surface area contributed by atoms with Crippen molar-refractivity contribution >= 4 is 23.2 Å². The monoisotopic (exact) mass is 459 g/mol. The van der Waals surface area contributed by atoms with Crippen LogP contribution >= 0.6 is 0 Å². The molecule has 0 fully saturated rings. The topological polar surface area (TPSA) is 80.3 Å². The van der Waals surface area contributed by atoms with Crippen LogP contribution in [0.25, 0.3) is 11.1 Å². The van der Waals surface area contributed by atoms with Gasteiger partial charge in [-0.15, -0.1) is 0 Å². The van der Waals surface area contributed by atoms with Crippen LogP contribution in [0.15, 0.2) is 85.2 Å². The quantitative estimate of drug-likeness (QED) is 0.397. The summed E-state index contributed by atoms with van der Waals surface area (Å²) in [6.45, 7) is 0. The lowest BCUT2D eigenvalue weighted by Crippen LogP contribution is -2.15. The van der Waals surface area contributed by atoms with Gasteiger partial charge in [-0.05, 0) is 60.2 Å². The van der Waals surface area contributed by atoms with Gasteiger partial charge in [0.1, 0.15) is 17.4 Å². The fourth-order valence-corrected chi connectivity index (χ4v) is 3.30. The molecule has 3 aromatic carbocycles. The van der Waals surface area contributed by atoms with Gasteiger partial charge in [-0.3, -0.25) is 14.6 Å². The van der Waals surface area contributed by atoms with E-state index in [9.17, 15) is 18.4 Å². The van der Waals surface area contributed by atoms with Gasteiger partial charge < -0.3 is 15.4 Å². The number of aromatic nitrogens is 1. The number of methoxy groups -OCH3 is 1. The first kappa shape index (κ1) is 22.6. The first-order chi connectivity index (χ1) is 16.4. The van der Waals surface area contributed by atoms with Crippen LogP contribution in [0, 0.1) is 11.6 Å². The Morgan fingerprint density at radius 3 is 2.26 bits per heavy atom. The molecule has 6 nitrogen and oxygen atoms in total. The summed E-state index contributed by atoms with van der Waals surface area (Å²) in [7, 11) is 1.42. The molecule has 0 spiro atoms. The lowest BCUT2D eigenvalue weighted by Gasteiger charge is -2.10. The maximum absolute atomic E-state index is 14.7. The second-order valence-corrected chi connectivity index (χ2v) is 7.27. The lowest BCUT2D eigenvalue weighted by atomic mass is 10.0. The number of carbonyl (C=O) groups excluding carboxylic acids is 2. The molecule has 4 rings (SSSR count). The predicted octanol–water partition coefficient (Wildman–Crippen LogP) is 5.54. The van der Waals surface area contributed by atoms with Crippen LogP contribution in [0.4, 0.5) is 20.2 Å². The first-order valence-corrected chi connectivity index (χ1v) is 10.2. The number of ether oxygens (including phenoxy) is 1. The van der Waals surface area contributed by atoms with Gasteiger partial charge in [0.25, 0.3) is 11.8 Å². The van der Waals surface area contributed by atoms with Gasteiger partial charge in [-0.2, -0.15) is 0 Å². The molecule has 0 radical (unpaired) electrons. The van der Waals surface area contributed by atoms with Gasteiger partial charge in [0.2, 0.25) is 0 Å². The van der Waals surface area contributed by atoms with Crippen LogP contribution in [0.2, 0.25) is 0 Å². The predicted molar refractivity (Wildman–Crippen MR) is 125 cm³/mol. The Kier molecular flexibility index (Phi) is 6.59. The summed E-state index contributed by atoms with van der Waals surface area (Å²) >= 11 is 0. The number of benzene rings is 3. The van der Waals surface area contributed by atoms with E-state index in [0.29, 0.717) is 22.7 Å². The third-order valence-electron chi connectivity index (χ3n) is 5.02. The third kappa shape index (κ3) is 5.07. The maximum atomic E-state index is 14.7. The van der Waals surface area contributed by atoms with Crippen molar-refractivity contribution in [3.05, 3.63) is 108 Å². The Labute approximate surface area is 194 Å². The number of hydrogen-bond acceptors (Lipinski definition) is 4. The van der Waals surface area contributed by atoms with E-state index in [2.05, 4.69) is 15.6 Å². The van der Waals surface area contributed by atoms with Gasteiger partial charge in [-0.1, -0.05) is 12.1 Å². The van der Waals surface area contributed by atoms with Gasteiger partial charge in [0, 0.05) is 41.0 Å². The SMILES string of the molecule is COc1ccc(-c2ccc(C(=O)Nc3cccc(C(=O)Nc4ccncc4)c3)c(F)c2)c(F)c1. The molecule has 4 aromatic rings. The average molecular weight is 459 g/mol. The molecule has 0 bridgehead atoms. The van der Waals surface area contributed by atoms with E-state index in [1.165, 1.54) is 37.4 Å². The molecule has 0 aliphatic rings. The minimum Gasteiger partial charge on any atom is -0.497 e. The van der Waals surface area contributed by atoms with E-state index >= 15 is 0 Å². The van der Waals surface area contributed by atoms with E-state index in [1.54, 1.807) is 48.8 Å². The second-order valence-electron chi connectivity index (χ2n) is 7.27. The van der Waals surface area contributed by atoms with Crippen LogP contribution in [-0.2, 0) is 0 Å². The van der Waals surface area contributed by atoms with Crippen LogP contribution < -0.4 is 15.4 Å². The zero-order chi connectivity index (χ0) is 24.1. The minimum absolute atomic E-state index is 0.180. The van der Waals surface area contributed by atoms with Crippen molar-refractivity contribution in [3.8, 4) is 16.9 Å². The van der Waals surface area contributed by atoms with E-state index < -0.39 is 17.5 Å². The molecular weight excluding hydrogens is 440 g/mol. The molecule has 0 atom stereocenters. The summed E-state index contributed by atoms with van der Waals surface area (Å²) < 4.78 is 34.0. The fraction of sp³-hybridized carbons (Fsp3) is 0.0385. The summed E-state index contributed by atoms with van der Waals surface area (Å²) in [5.74, 6) is -2.12. The Morgan fingerprint density at radius 2 is 1.56 bits per heavy atom. The number of hydrogen-bond donors (Lipinski definition) is 2. The number of halogens is 2. The Hall–Kier alpha value is -4.59. The molecule has 0 unspecified atom stereocenters. The molecule has 2 N–H and O–H groups in total. The Morgan fingerprint density at radius 1 is 0.794 bits per heavy atom. The third-order valence-corrected chi connectivity index (χ3v) is 5.02. The van der Waals surface area contributed by atoms with Crippen LogP contribution in [-0.4, -0.2) is 23.9 Å². The van der Waals surface area contributed by atoms with Gasteiger partial charge >= 0.3 is 0 Å². The zero-order valence-electron chi connectivity index (χ0n) is 18.0. The van der Waals surface area contributed by atoms with E-state index in [4.69, 9.17) is 4.74 Å². The summed E-state index contributed by atoms with van der Waals surface area (Å²) in [6, 6.07) is 17.6. The number of pyridine rings is 1. The van der Waals surface area contributed by atoms with Gasteiger partial charge in [0.15, 0.2) is 0 Å². The molecule has 1 aromatic heterocycles. The van der Waals surface area contributed by atoms with Crippen molar-refractivity contribution < 1.29 is 23.1 Å². The highest BCUT2D eigenvalue weighted by Crippen LogP contribution is 2.28. The number of anilines is 2. The van der Waals surface area contributed by atoms with E-state index in [0.717, 1.165) is 6.07 Å². The standard InChI is InChI=1S/C26H19F2N3O3/c1-34-20-6-8-21(24(28)15-20)16-5-7-22(23(27)14-16)26(33)31-19-4-2-3-17(13-19)25(32)30-18-9-11-29-12-10-18/h2-15H,1H3,(H,31,33)(H,29,30,32). The second kappa shape index (κ2) is 9.91. The van der Waals surface area contributed by atoms with E-state index in [1.807, 2.05) is 0 Å². The van der Waals surface area contributed by atoms with E-state index in [-0.39, 0.29) is 22.6 Å². The molecule has 0 aliphatic carbocycles. The van der Waals surface area contributed by atoms with Crippen LogP contribution in [0.1, 0.15) is 20.7 Å². The molecule has 170 valence electrons. The van der Waals surface area contributed by atoms with Crippen molar-refractivity contribution in [2.75, 3.05) is 17.7 Å². The highest BCUT2D eigenvalue weighted by Gasteiger charge is 2.16. The van der Waals surface area contributed by atoms with Crippen LogP contribution in [0.3, 0.4) is 0 Å². The Bertz CT molecular complexity index is 1360. The molecule has 34 heavy (non-hydrogen) atoms. The highest BCUT2D eigenvalue weighted by atomic mass is 19.1. The van der Waals surface area contributed by atoms with Crippen LogP contribution in [0.5, 0.6) is 5.75 Å². The number of nitrogens with zero attached hydrogens (tertiary/aromatic N) is 1. The molecule has 0 saturated carbocycles. The molecule has 2 amide bonds. The molecular formula is C26H19F2N3O3. The Balaban J connectivity index is 1.50. The summed E-state index contributed by atoms with van der Waals surface area (Å²) in [6.07, 6.45) is 3.10. The average Bonchev–Trinajstić information content (AvgIpc) is 2.84. The zero-order valence-corrected chi connectivity index (χ0v) is 18.0. The number of amides is 2. The normalized spacial score (nSPS) is 10.4. The van der Waals surface area contributed by atoms with Crippen molar-refractivity contribution in [3.63, 3.8) is 0 Å². The highest BCUT2D eigenvalue weighted by molar-refractivity contribution is 6.07. The van der Waals surface area contributed by atoms with Crippen molar-refractivity contribution in [1.29, 1.82) is 0 Å². The maximum Gasteiger partial charge on any atom is 0.258 e. The number of nitrogens with one attached hydrogen (secondary N) is 2. The largest absolute Gasteiger partial charge is 0.497 e. The summed E-state index contributed by atoms with van der Waals surface area (Å²) in [4.78, 5) is 29.0. The molecule has 0 aliphatic heterocycles. The molecule has 0 saturated heterocycles. The van der Waals surface area contributed by atoms with Crippen molar-refractivity contribution in [2.45, 2.75) is 0 Å². The molecule has 8 heteroatoms. The smallest absolute Gasteiger partial charge is 0.258 e. The van der Waals surface area contributed by atoms with Gasteiger partial charge in [-0.25, -0.2) is 8.78 Å². The van der Waals surface area contributed by atoms with Gasteiger partial charge in [0.05, 0.1) is 12.7 Å². The number of carbonyl (C=O) groups is 2. The fourth-order valence-electron chi connectivity index (χ4n) is 3.30. The molecule has 1 heterocycles. The number of rotatable bonds is 6.